The van der Waals surface area contributed by atoms with Crippen molar-refractivity contribution in [2.75, 3.05) is 13.7 Å². The zero-order chi connectivity index (χ0) is 17.1. The largest absolute Gasteiger partial charge is 0.497 e. The number of amides is 1. The monoisotopic (exact) mass is 323 g/mol. The van der Waals surface area contributed by atoms with E-state index in [2.05, 4.69) is 33.1 Å². The van der Waals surface area contributed by atoms with Crippen molar-refractivity contribution in [3.63, 3.8) is 0 Å². The van der Waals surface area contributed by atoms with Gasteiger partial charge < -0.3 is 14.6 Å². The molecule has 124 valence electrons. The number of nitrogens with zero attached hydrogens (tertiary/aromatic N) is 2. The van der Waals surface area contributed by atoms with Crippen LogP contribution in [0.3, 0.4) is 0 Å². The molecule has 1 aromatic heterocycles. The Kier molecular flexibility index (Phi) is 4.51. The van der Waals surface area contributed by atoms with Crippen LogP contribution < -0.4 is 10.1 Å². The smallest absolute Gasteiger partial charge is 0.251 e. The van der Waals surface area contributed by atoms with Crippen LogP contribution in [0.1, 0.15) is 21.7 Å². The maximum absolute atomic E-state index is 12.2. The van der Waals surface area contributed by atoms with Crippen LogP contribution in [0.5, 0.6) is 5.75 Å². The van der Waals surface area contributed by atoms with Crippen molar-refractivity contribution in [1.29, 1.82) is 0 Å². The number of rotatable bonds is 5. The Morgan fingerprint density at radius 3 is 2.88 bits per heavy atom. The number of aromatic nitrogens is 2. The second-order valence-electron chi connectivity index (χ2n) is 5.78. The van der Waals surface area contributed by atoms with Gasteiger partial charge in [0.2, 0.25) is 0 Å². The summed E-state index contributed by atoms with van der Waals surface area (Å²) in [6.45, 7) is 2.57. The van der Waals surface area contributed by atoms with Crippen molar-refractivity contribution < 1.29 is 9.53 Å². The lowest BCUT2D eigenvalue weighted by Crippen LogP contribution is -2.25. The van der Waals surface area contributed by atoms with Crippen LogP contribution in [0.25, 0.3) is 11.0 Å². The Morgan fingerprint density at radius 1 is 1.25 bits per heavy atom. The van der Waals surface area contributed by atoms with Gasteiger partial charge in [-0.3, -0.25) is 4.79 Å². The van der Waals surface area contributed by atoms with Gasteiger partial charge in [0.05, 0.1) is 18.1 Å². The molecule has 0 saturated heterocycles. The summed E-state index contributed by atoms with van der Waals surface area (Å²) in [5.41, 5.74) is 3.87. The minimum Gasteiger partial charge on any atom is -0.497 e. The molecule has 5 nitrogen and oxygen atoms in total. The Hall–Kier alpha value is -2.82. The number of methoxy groups -OCH3 is 1. The molecule has 1 heterocycles. The van der Waals surface area contributed by atoms with Gasteiger partial charge in [0.25, 0.3) is 5.91 Å². The maximum atomic E-state index is 12.2. The van der Waals surface area contributed by atoms with Crippen LogP contribution >= 0.6 is 0 Å². The summed E-state index contributed by atoms with van der Waals surface area (Å²) in [6.07, 6.45) is 0.765. The molecule has 3 aromatic rings. The molecule has 0 bridgehead atoms. The summed E-state index contributed by atoms with van der Waals surface area (Å²) in [4.78, 5) is 16.7. The van der Waals surface area contributed by atoms with Crippen molar-refractivity contribution in [3.05, 3.63) is 59.4 Å². The van der Waals surface area contributed by atoms with E-state index in [0.717, 1.165) is 28.8 Å². The number of carbonyl (C=O) groups excluding carboxylic acids is 1. The molecule has 0 unspecified atom stereocenters. The molecule has 0 aliphatic carbocycles. The lowest BCUT2D eigenvalue weighted by Gasteiger charge is -2.07. The average molecular weight is 323 g/mol. The third kappa shape index (κ3) is 3.25. The van der Waals surface area contributed by atoms with E-state index in [9.17, 15) is 4.79 Å². The van der Waals surface area contributed by atoms with E-state index in [4.69, 9.17) is 4.74 Å². The van der Waals surface area contributed by atoms with Gasteiger partial charge in [-0.1, -0.05) is 12.1 Å². The topological polar surface area (TPSA) is 56.1 Å². The Morgan fingerprint density at radius 2 is 2.08 bits per heavy atom. The summed E-state index contributed by atoms with van der Waals surface area (Å²) < 4.78 is 7.22. The van der Waals surface area contributed by atoms with Gasteiger partial charge in [0.1, 0.15) is 11.6 Å². The highest BCUT2D eigenvalue weighted by atomic mass is 16.5. The summed E-state index contributed by atoms with van der Waals surface area (Å²) in [6, 6.07) is 13.4. The number of fused-ring (bicyclic) bond motifs is 1. The van der Waals surface area contributed by atoms with Crippen molar-refractivity contribution in [2.45, 2.75) is 13.3 Å². The van der Waals surface area contributed by atoms with Crippen molar-refractivity contribution in [1.82, 2.24) is 14.9 Å². The Balaban J connectivity index is 1.62. The summed E-state index contributed by atoms with van der Waals surface area (Å²) >= 11 is 0. The molecule has 2 aromatic carbocycles. The second-order valence-corrected chi connectivity index (χ2v) is 5.78. The zero-order valence-electron chi connectivity index (χ0n) is 14.2. The third-order valence-electron chi connectivity index (χ3n) is 4.20. The Labute approximate surface area is 141 Å². The summed E-state index contributed by atoms with van der Waals surface area (Å²) in [5, 5.41) is 2.94. The van der Waals surface area contributed by atoms with E-state index < -0.39 is 0 Å². The van der Waals surface area contributed by atoms with E-state index in [1.54, 1.807) is 19.2 Å². The van der Waals surface area contributed by atoms with Crippen LogP contribution in [0, 0.1) is 6.92 Å². The molecule has 0 saturated carbocycles. The second kappa shape index (κ2) is 6.74. The highest BCUT2D eigenvalue weighted by molar-refractivity contribution is 5.94. The molecule has 3 rings (SSSR count). The molecule has 1 amide bonds. The lowest BCUT2D eigenvalue weighted by molar-refractivity contribution is 0.0954. The number of ether oxygens (including phenoxy) is 1. The molecule has 5 heteroatoms. The first-order valence-corrected chi connectivity index (χ1v) is 7.92. The molecule has 0 atom stereocenters. The zero-order valence-corrected chi connectivity index (χ0v) is 14.2. The van der Waals surface area contributed by atoms with Gasteiger partial charge in [-0.25, -0.2) is 4.98 Å². The van der Waals surface area contributed by atoms with Crippen LogP contribution in [-0.4, -0.2) is 29.1 Å². The molecule has 0 radical (unpaired) electrons. The van der Waals surface area contributed by atoms with Crippen molar-refractivity contribution in [3.8, 4) is 5.75 Å². The van der Waals surface area contributed by atoms with E-state index >= 15 is 0 Å². The fourth-order valence-corrected chi connectivity index (χ4v) is 2.71. The van der Waals surface area contributed by atoms with E-state index in [0.29, 0.717) is 17.9 Å². The summed E-state index contributed by atoms with van der Waals surface area (Å²) in [7, 11) is 3.60. The van der Waals surface area contributed by atoms with Gasteiger partial charge in [-0.05, 0) is 49.2 Å². The molecule has 24 heavy (non-hydrogen) atoms. The molecule has 0 aliphatic rings. The van der Waals surface area contributed by atoms with Crippen LogP contribution in [-0.2, 0) is 13.5 Å². The van der Waals surface area contributed by atoms with Gasteiger partial charge in [-0.2, -0.15) is 0 Å². The predicted octanol–water partition coefficient (Wildman–Crippen LogP) is 2.86. The van der Waals surface area contributed by atoms with Gasteiger partial charge in [0.15, 0.2) is 0 Å². The third-order valence-corrected chi connectivity index (χ3v) is 4.20. The van der Waals surface area contributed by atoms with E-state index in [1.165, 1.54) is 0 Å². The number of benzene rings is 2. The van der Waals surface area contributed by atoms with Crippen LogP contribution in [0.15, 0.2) is 42.5 Å². The number of imidazole rings is 1. The predicted molar refractivity (Wildman–Crippen MR) is 94.5 cm³/mol. The molecule has 0 spiro atoms. The van der Waals surface area contributed by atoms with Gasteiger partial charge in [0, 0.05) is 19.2 Å². The first-order chi connectivity index (χ1) is 11.6. The molecule has 0 aliphatic heterocycles. The number of hydrogen-bond donors (Lipinski definition) is 1. The fourth-order valence-electron chi connectivity index (χ4n) is 2.71. The normalized spacial score (nSPS) is 10.8. The molecule has 1 N–H and O–H groups in total. The minimum atomic E-state index is -0.0938. The van der Waals surface area contributed by atoms with Crippen molar-refractivity contribution in [2.24, 2.45) is 7.05 Å². The maximum Gasteiger partial charge on any atom is 0.251 e. The number of hydrogen-bond acceptors (Lipinski definition) is 3. The molecular formula is C19H21N3O2. The quantitative estimate of drug-likeness (QED) is 0.785. The number of nitrogens with one attached hydrogen (secondary N) is 1. The van der Waals surface area contributed by atoms with E-state index in [-0.39, 0.29) is 5.91 Å². The van der Waals surface area contributed by atoms with Gasteiger partial charge in [-0.15, -0.1) is 0 Å². The fraction of sp³-hybridized carbons (Fsp3) is 0.263. The highest BCUT2D eigenvalue weighted by Gasteiger charge is 2.07. The molecule has 0 fully saturated rings. The van der Waals surface area contributed by atoms with Crippen LogP contribution in [0.4, 0.5) is 0 Å². The number of carbonyl (C=O) groups is 1. The first-order valence-electron chi connectivity index (χ1n) is 7.92. The standard InChI is InChI=1S/C19H21N3O2/c1-13-21-17-11-14(7-8-18(17)22(13)2)9-10-20-19(23)15-5-4-6-16(12-15)24-3/h4-8,11-12H,9-10H2,1-3H3,(H,20,23). The Bertz CT molecular complexity index is 883. The highest BCUT2D eigenvalue weighted by Crippen LogP contribution is 2.17. The lowest BCUT2D eigenvalue weighted by atomic mass is 10.1. The van der Waals surface area contributed by atoms with Gasteiger partial charge >= 0.3 is 0 Å². The SMILES string of the molecule is COc1cccc(C(=O)NCCc2ccc3c(c2)nc(C)n3C)c1. The first kappa shape index (κ1) is 16.1. The van der Waals surface area contributed by atoms with Crippen LogP contribution in [0.2, 0.25) is 0 Å². The van der Waals surface area contributed by atoms with Crippen molar-refractivity contribution >= 4 is 16.9 Å². The average Bonchev–Trinajstić information content (AvgIpc) is 2.88. The number of aryl methyl sites for hydroxylation is 2. The summed E-state index contributed by atoms with van der Waals surface area (Å²) in [5.74, 6) is 1.58. The molecular weight excluding hydrogens is 302 g/mol. The minimum absolute atomic E-state index is 0.0938. The van der Waals surface area contributed by atoms with E-state index in [1.807, 2.05) is 26.1 Å².